The van der Waals surface area contributed by atoms with Gasteiger partial charge in [0, 0.05) is 0 Å². The largest absolute Gasteiger partial charge is 0.0616 e. The lowest BCUT2D eigenvalue weighted by atomic mass is 9.70. The first-order valence-corrected chi connectivity index (χ1v) is 8.58. The summed E-state index contributed by atoms with van der Waals surface area (Å²) in [5.41, 5.74) is 6.86. The molecule has 5 rings (SSSR count). The Morgan fingerprint density at radius 1 is 0.952 bits per heavy atom. The minimum Gasteiger partial charge on any atom is -0.0616 e. The summed E-state index contributed by atoms with van der Waals surface area (Å²) in [4.78, 5) is 0. The van der Waals surface area contributed by atoms with Gasteiger partial charge < -0.3 is 0 Å². The van der Waals surface area contributed by atoms with Crippen molar-refractivity contribution >= 4 is 16.3 Å². The predicted molar refractivity (Wildman–Crippen MR) is 89.2 cm³/mol. The molecule has 1 fully saturated rings. The maximum Gasteiger partial charge on any atom is -0.0146 e. The molecule has 2 aromatic carbocycles. The molecule has 3 atom stereocenters. The molecular weight excluding hydrogens is 252 g/mol. The fraction of sp³-hybridized carbons (Fsp3) is 0.429. The molecule has 3 aliphatic rings. The van der Waals surface area contributed by atoms with E-state index in [-0.39, 0.29) is 0 Å². The van der Waals surface area contributed by atoms with Crippen LogP contribution in [0.2, 0.25) is 0 Å². The normalized spacial score (nSPS) is 30.4. The van der Waals surface area contributed by atoms with E-state index in [2.05, 4.69) is 43.3 Å². The standard InChI is InChI=1S/C21H22/c1-13-11-15-6-4-7-16-12-19-17-8-3-2-5-14(17)9-10-18(19)20(13)21(15)16/h2-3,5,8-10,13,15-16H,4,6-7,11-12H2,1H3. The van der Waals surface area contributed by atoms with Crippen LogP contribution in [0.25, 0.3) is 16.3 Å². The molecular formula is C21H22. The molecule has 0 aromatic heterocycles. The Kier molecular flexibility index (Phi) is 2.42. The molecule has 3 aliphatic carbocycles. The molecule has 21 heavy (non-hydrogen) atoms. The van der Waals surface area contributed by atoms with Crippen molar-refractivity contribution in [3.8, 4) is 0 Å². The van der Waals surface area contributed by atoms with Gasteiger partial charge in [0.25, 0.3) is 0 Å². The van der Waals surface area contributed by atoms with E-state index in [0.717, 1.165) is 17.8 Å². The monoisotopic (exact) mass is 274 g/mol. The molecule has 0 spiro atoms. The molecule has 0 bridgehead atoms. The molecule has 2 aromatic rings. The van der Waals surface area contributed by atoms with Crippen LogP contribution in [0.1, 0.15) is 43.7 Å². The van der Waals surface area contributed by atoms with E-state index < -0.39 is 0 Å². The summed E-state index contributed by atoms with van der Waals surface area (Å²) in [7, 11) is 0. The minimum atomic E-state index is 0.769. The van der Waals surface area contributed by atoms with Crippen molar-refractivity contribution in [2.24, 2.45) is 17.8 Å². The van der Waals surface area contributed by atoms with Crippen LogP contribution < -0.4 is 0 Å². The lowest BCUT2D eigenvalue weighted by Crippen LogP contribution is -2.22. The predicted octanol–water partition coefficient (Wildman–Crippen LogP) is 5.61. The van der Waals surface area contributed by atoms with E-state index in [0.29, 0.717) is 0 Å². The van der Waals surface area contributed by atoms with Crippen molar-refractivity contribution in [2.45, 2.75) is 39.0 Å². The molecule has 0 radical (unpaired) electrons. The Hall–Kier alpha value is -1.56. The fourth-order valence-electron chi connectivity index (χ4n) is 5.46. The van der Waals surface area contributed by atoms with Crippen LogP contribution in [-0.4, -0.2) is 0 Å². The van der Waals surface area contributed by atoms with E-state index in [9.17, 15) is 0 Å². The quantitative estimate of drug-likeness (QED) is 0.586. The van der Waals surface area contributed by atoms with Crippen molar-refractivity contribution < 1.29 is 0 Å². The summed E-state index contributed by atoms with van der Waals surface area (Å²) in [6.45, 7) is 2.46. The van der Waals surface area contributed by atoms with Gasteiger partial charge in [0.2, 0.25) is 0 Å². The lowest BCUT2D eigenvalue weighted by molar-refractivity contribution is 0.360. The third kappa shape index (κ3) is 1.56. The van der Waals surface area contributed by atoms with Crippen molar-refractivity contribution in [3.05, 3.63) is 53.1 Å². The number of hydrogen-bond donors (Lipinski definition) is 0. The zero-order valence-electron chi connectivity index (χ0n) is 12.7. The topological polar surface area (TPSA) is 0 Å². The van der Waals surface area contributed by atoms with Crippen LogP contribution in [0.4, 0.5) is 0 Å². The highest BCUT2D eigenvalue weighted by molar-refractivity contribution is 5.92. The molecule has 0 amide bonds. The number of rotatable bonds is 0. The zero-order chi connectivity index (χ0) is 14.0. The van der Waals surface area contributed by atoms with E-state index in [1.165, 1.54) is 42.9 Å². The van der Waals surface area contributed by atoms with Crippen LogP contribution in [-0.2, 0) is 6.42 Å². The van der Waals surface area contributed by atoms with E-state index in [1.54, 1.807) is 16.7 Å². The first-order valence-electron chi connectivity index (χ1n) is 8.58. The highest BCUT2D eigenvalue weighted by Crippen LogP contribution is 2.55. The maximum absolute atomic E-state index is 2.46. The molecule has 0 aliphatic heterocycles. The van der Waals surface area contributed by atoms with E-state index in [1.807, 2.05) is 5.57 Å². The lowest BCUT2D eigenvalue weighted by Gasteiger charge is -2.35. The molecule has 106 valence electrons. The third-order valence-electron chi connectivity index (χ3n) is 6.21. The van der Waals surface area contributed by atoms with Crippen LogP contribution in [0, 0.1) is 17.8 Å². The Labute approximate surface area is 126 Å². The van der Waals surface area contributed by atoms with Crippen LogP contribution in [0.5, 0.6) is 0 Å². The van der Waals surface area contributed by atoms with Gasteiger partial charge in [-0.2, -0.15) is 0 Å². The molecule has 0 nitrogen and oxygen atoms in total. The van der Waals surface area contributed by atoms with Crippen molar-refractivity contribution in [3.63, 3.8) is 0 Å². The first kappa shape index (κ1) is 12.0. The summed E-state index contributed by atoms with van der Waals surface area (Å²) in [5, 5.41) is 2.92. The minimum absolute atomic E-state index is 0.769. The Morgan fingerprint density at radius 2 is 1.81 bits per heavy atom. The Balaban J connectivity index is 1.82. The zero-order valence-corrected chi connectivity index (χ0v) is 12.7. The second-order valence-electron chi connectivity index (χ2n) is 7.35. The highest BCUT2D eigenvalue weighted by atomic mass is 14.5. The average molecular weight is 274 g/mol. The van der Waals surface area contributed by atoms with Gasteiger partial charge in [-0.15, -0.1) is 0 Å². The second-order valence-corrected chi connectivity index (χ2v) is 7.35. The summed E-state index contributed by atoms with van der Waals surface area (Å²) in [6, 6.07) is 13.7. The molecule has 0 heterocycles. The van der Waals surface area contributed by atoms with Gasteiger partial charge >= 0.3 is 0 Å². The molecule has 0 saturated heterocycles. The maximum atomic E-state index is 2.46. The van der Waals surface area contributed by atoms with Crippen molar-refractivity contribution in [1.82, 2.24) is 0 Å². The molecule has 0 N–H and O–H groups in total. The Morgan fingerprint density at radius 3 is 2.76 bits per heavy atom. The van der Waals surface area contributed by atoms with Crippen LogP contribution >= 0.6 is 0 Å². The van der Waals surface area contributed by atoms with Gasteiger partial charge in [-0.25, -0.2) is 0 Å². The fourth-order valence-corrected chi connectivity index (χ4v) is 5.46. The number of fused-ring (bicyclic) bond motifs is 4. The highest BCUT2D eigenvalue weighted by Gasteiger charge is 2.41. The smallest absolute Gasteiger partial charge is 0.0146 e. The average Bonchev–Trinajstić information content (AvgIpc) is 2.86. The summed E-state index contributed by atoms with van der Waals surface area (Å²) in [6.07, 6.45) is 7.01. The SMILES string of the molecule is CC1CC2CCCC3Cc4c(ccc5ccccc45)C1=C32. The van der Waals surface area contributed by atoms with Crippen LogP contribution in [0.3, 0.4) is 0 Å². The summed E-state index contributed by atoms with van der Waals surface area (Å²) >= 11 is 0. The van der Waals surface area contributed by atoms with Crippen molar-refractivity contribution in [2.75, 3.05) is 0 Å². The molecule has 3 unspecified atom stereocenters. The van der Waals surface area contributed by atoms with Crippen molar-refractivity contribution in [1.29, 1.82) is 0 Å². The third-order valence-corrected chi connectivity index (χ3v) is 6.21. The Bertz CT molecular complexity index is 765. The van der Waals surface area contributed by atoms with E-state index >= 15 is 0 Å². The molecule has 1 saturated carbocycles. The summed E-state index contributed by atoms with van der Waals surface area (Å²) in [5.74, 6) is 2.53. The number of hydrogen-bond acceptors (Lipinski definition) is 0. The number of allylic oxidation sites excluding steroid dienone is 2. The van der Waals surface area contributed by atoms with Gasteiger partial charge in [0.1, 0.15) is 0 Å². The number of benzene rings is 2. The van der Waals surface area contributed by atoms with Crippen LogP contribution in [0.15, 0.2) is 42.0 Å². The van der Waals surface area contributed by atoms with Gasteiger partial charge in [0.05, 0.1) is 0 Å². The van der Waals surface area contributed by atoms with Gasteiger partial charge in [-0.1, -0.05) is 55.3 Å². The molecule has 0 heteroatoms. The first-order chi connectivity index (χ1) is 10.3. The van der Waals surface area contributed by atoms with Gasteiger partial charge in [-0.3, -0.25) is 0 Å². The summed E-state index contributed by atoms with van der Waals surface area (Å²) < 4.78 is 0. The van der Waals surface area contributed by atoms with E-state index in [4.69, 9.17) is 0 Å². The van der Waals surface area contributed by atoms with Gasteiger partial charge in [-0.05, 0) is 70.9 Å². The van der Waals surface area contributed by atoms with Gasteiger partial charge in [0.15, 0.2) is 0 Å². The second kappa shape index (κ2) is 4.22.